The molecule has 0 saturated heterocycles. The first-order valence-electron chi connectivity index (χ1n) is 6.62. The summed E-state index contributed by atoms with van der Waals surface area (Å²) in [7, 11) is 1.84. The summed E-state index contributed by atoms with van der Waals surface area (Å²) in [6.45, 7) is 0. The standard InChI is InChI=1S/C15H17N3O3/c1-18-13(7-8-16-18)5-6-14(19)17-12-4-2-3-11(9-12)10-15(20)21/h2-4,7-9H,5-6,10H2,1H3,(H,17,19)(H,20,21). The molecule has 0 saturated carbocycles. The van der Waals surface area contributed by atoms with E-state index in [4.69, 9.17) is 5.11 Å². The number of carboxylic acids is 1. The van der Waals surface area contributed by atoms with Gasteiger partial charge >= 0.3 is 5.97 Å². The second kappa shape index (κ2) is 6.69. The number of nitrogens with zero attached hydrogens (tertiary/aromatic N) is 2. The van der Waals surface area contributed by atoms with E-state index in [0.29, 0.717) is 24.1 Å². The van der Waals surface area contributed by atoms with Crippen LogP contribution in [0.25, 0.3) is 0 Å². The molecular weight excluding hydrogens is 270 g/mol. The number of anilines is 1. The van der Waals surface area contributed by atoms with Crippen molar-refractivity contribution in [3.8, 4) is 0 Å². The van der Waals surface area contributed by atoms with Crippen LogP contribution < -0.4 is 5.32 Å². The lowest BCUT2D eigenvalue weighted by Gasteiger charge is -2.07. The van der Waals surface area contributed by atoms with Crippen molar-refractivity contribution in [1.82, 2.24) is 9.78 Å². The molecule has 0 bridgehead atoms. The number of amides is 1. The predicted octanol–water partition coefficient (Wildman–Crippen LogP) is 1.62. The van der Waals surface area contributed by atoms with Crippen LogP contribution in [-0.4, -0.2) is 26.8 Å². The monoisotopic (exact) mass is 287 g/mol. The third-order valence-electron chi connectivity index (χ3n) is 3.10. The summed E-state index contributed by atoms with van der Waals surface area (Å²) in [6, 6.07) is 8.75. The second-order valence-electron chi connectivity index (χ2n) is 4.77. The van der Waals surface area contributed by atoms with Gasteiger partial charge in [0, 0.05) is 31.0 Å². The van der Waals surface area contributed by atoms with Crippen LogP contribution in [0.2, 0.25) is 0 Å². The smallest absolute Gasteiger partial charge is 0.307 e. The Hall–Kier alpha value is -2.63. The molecule has 0 aliphatic rings. The quantitative estimate of drug-likeness (QED) is 0.845. The Bertz CT molecular complexity index is 649. The molecule has 0 atom stereocenters. The van der Waals surface area contributed by atoms with Gasteiger partial charge < -0.3 is 10.4 Å². The summed E-state index contributed by atoms with van der Waals surface area (Å²) in [5, 5.41) is 15.6. The van der Waals surface area contributed by atoms with Crippen LogP contribution in [0.15, 0.2) is 36.5 Å². The van der Waals surface area contributed by atoms with Gasteiger partial charge in [0.25, 0.3) is 0 Å². The van der Waals surface area contributed by atoms with Crippen LogP contribution in [-0.2, 0) is 29.5 Å². The van der Waals surface area contributed by atoms with Crippen molar-refractivity contribution >= 4 is 17.6 Å². The highest BCUT2D eigenvalue weighted by molar-refractivity contribution is 5.91. The number of carboxylic acid groups (broad SMARTS) is 1. The third-order valence-corrected chi connectivity index (χ3v) is 3.10. The van der Waals surface area contributed by atoms with E-state index in [9.17, 15) is 9.59 Å². The minimum Gasteiger partial charge on any atom is -0.481 e. The second-order valence-corrected chi connectivity index (χ2v) is 4.77. The maximum Gasteiger partial charge on any atom is 0.307 e. The molecule has 1 aromatic heterocycles. The number of benzene rings is 1. The molecule has 0 aliphatic carbocycles. The largest absolute Gasteiger partial charge is 0.481 e. The number of hydrogen-bond acceptors (Lipinski definition) is 3. The first kappa shape index (κ1) is 14.8. The Balaban J connectivity index is 1.90. The SMILES string of the molecule is Cn1nccc1CCC(=O)Nc1cccc(CC(=O)O)c1. The van der Waals surface area contributed by atoms with Crippen molar-refractivity contribution in [1.29, 1.82) is 0 Å². The van der Waals surface area contributed by atoms with Crippen LogP contribution >= 0.6 is 0 Å². The highest BCUT2D eigenvalue weighted by atomic mass is 16.4. The Kier molecular flexibility index (Phi) is 4.71. The normalized spacial score (nSPS) is 10.3. The van der Waals surface area contributed by atoms with E-state index in [2.05, 4.69) is 10.4 Å². The Morgan fingerprint density at radius 2 is 2.14 bits per heavy atom. The van der Waals surface area contributed by atoms with Gasteiger partial charge in [-0.2, -0.15) is 5.10 Å². The zero-order chi connectivity index (χ0) is 15.2. The lowest BCUT2D eigenvalue weighted by atomic mass is 10.1. The summed E-state index contributed by atoms with van der Waals surface area (Å²) in [4.78, 5) is 22.6. The van der Waals surface area contributed by atoms with Crippen molar-refractivity contribution in [2.45, 2.75) is 19.3 Å². The maximum atomic E-state index is 11.9. The molecule has 6 nitrogen and oxygen atoms in total. The highest BCUT2D eigenvalue weighted by Crippen LogP contribution is 2.12. The number of rotatable bonds is 6. The molecule has 6 heteroatoms. The van der Waals surface area contributed by atoms with Crippen molar-refractivity contribution in [3.63, 3.8) is 0 Å². The predicted molar refractivity (Wildman–Crippen MR) is 77.9 cm³/mol. The van der Waals surface area contributed by atoms with Crippen molar-refractivity contribution in [2.24, 2.45) is 7.05 Å². The van der Waals surface area contributed by atoms with Crippen molar-refractivity contribution in [2.75, 3.05) is 5.32 Å². The molecule has 1 amide bonds. The van der Waals surface area contributed by atoms with Crippen LogP contribution in [0.5, 0.6) is 0 Å². The zero-order valence-corrected chi connectivity index (χ0v) is 11.7. The van der Waals surface area contributed by atoms with Crippen LogP contribution in [0, 0.1) is 0 Å². The number of hydrogen-bond donors (Lipinski definition) is 2. The van der Waals surface area contributed by atoms with E-state index in [1.54, 1.807) is 35.1 Å². The third kappa shape index (κ3) is 4.45. The number of nitrogens with one attached hydrogen (secondary N) is 1. The van der Waals surface area contributed by atoms with E-state index >= 15 is 0 Å². The van der Waals surface area contributed by atoms with Gasteiger partial charge in [0.1, 0.15) is 0 Å². The van der Waals surface area contributed by atoms with Crippen molar-refractivity contribution in [3.05, 3.63) is 47.8 Å². The Morgan fingerprint density at radius 3 is 2.81 bits per heavy atom. The minimum absolute atomic E-state index is 0.0568. The van der Waals surface area contributed by atoms with Gasteiger partial charge in [0.05, 0.1) is 6.42 Å². The fourth-order valence-electron chi connectivity index (χ4n) is 2.05. The lowest BCUT2D eigenvalue weighted by Crippen LogP contribution is -2.13. The first-order chi connectivity index (χ1) is 10.0. The highest BCUT2D eigenvalue weighted by Gasteiger charge is 2.07. The molecule has 0 fully saturated rings. The van der Waals surface area contributed by atoms with Gasteiger partial charge in [-0.25, -0.2) is 0 Å². The van der Waals surface area contributed by atoms with E-state index in [-0.39, 0.29) is 12.3 Å². The Morgan fingerprint density at radius 1 is 1.33 bits per heavy atom. The lowest BCUT2D eigenvalue weighted by molar-refractivity contribution is -0.136. The summed E-state index contributed by atoms with van der Waals surface area (Å²) in [5.74, 6) is -1.00. The van der Waals surface area contributed by atoms with Crippen molar-refractivity contribution < 1.29 is 14.7 Å². The van der Waals surface area contributed by atoms with Gasteiger partial charge in [0.15, 0.2) is 0 Å². The zero-order valence-electron chi connectivity index (χ0n) is 11.7. The first-order valence-corrected chi connectivity index (χ1v) is 6.62. The van der Waals surface area contributed by atoms with Gasteiger partial charge in [0.2, 0.25) is 5.91 Å². The van der Waals surface area contributed by atoms with Gasteiger partial charge in [-0.05, 0) is 30.2 Å². The summed E-state index contributed by atoms with van der Waals surface area (Å²) < 4.78 is 1.74. The van der Waals surface area contributed by atoms with E-state index < -0.39 is 5.97 Å². The average Bonchev–Trinajstić information content (AvgIpc) is 2.81. The van der Waals surface area contributed by atoms with E-state index in [0.717, 1.165) is 5.69 Å². The molecule has 2 aromatic rings. The molecule has 0 radical (unpaired) electrons. The van der Waals surface area contributed by atoms with Gasteiger partial charge in [-0.3, -0.25) is 14.3 Å². The number of carbonyl (C=O) groups is 2. The molecule has 2 N–H and O–H groups in total. The Labute approximate surface area is 122 Å². The number of carbonyl (C=O) groups excluding carboxylic acids is 1. The number of aryl methyl sites for hydroxylation is 2. The summed E-state index contributed by atoms with van der Waals surface area (Å²) in [5.41, 5.74) is 2.26. The molecular formula is C15H17N3O3. The molecule has 0 aliphatic heterocycles. The molecule has 21 heavy (non-hydrogen) atoms. The van der Waals surface area contributed by atoms with Gasteiger partial charge in [-0.15, -0.1) is 0 Å². The average molecular weight is 287 g/mol. The molecule has 0 unspecified atom stereocenters. The summed E-state index contributed by atoms with van der Waals surface area (Å²) in [6.07, 6.45) is 2.60. The number of aliphatic carboxylic acids is 1. The van der Waals surface area contributed by atoms with E-state index in [1.165, 1.54) is 0 Å². The fourth-order valence-corrected chi connectivity index (χ4v) is 2.05. The van der Waals surface area contributed by atoms with E-state index in [1.807, 2.05) is 13.1 Å². The minimum atomic E-state index is -0.894. The maximum absolute atomic E-state index is 11.9. The van der Waals surface area contributed by atoms with Crippen LogP contribution in [0.4, 0.5) is 5.69 Å². The molecule has 1 aromatic carbocycles. The summed E-state index contributed by atoms with van der Waals surface area (Å²) >= 11 is 0. The molecule has 2 rings (SSSR count). The molecule has 110 valence electrons. The molecule has 0 spiro atoms. The number of aromatic nitrogens is 2. The topological polar surface area (TPSA) is 84.2 Å². The molecule has 1 heterocycles. The van der Waals surface area contributed by atoms with Gasteiger partial charge in [-0.1, -0.05) is 12.1 Å². The van der Waals surface area contributed by atoms with Crippen LogP contribution in [0.3, 0.4) is 0 Å². The fraction of sp³-hybridized carbons (Fsp3) is 0.267. The van der Waals surface area contributed by atoms with Crippen LogP contribution in [0.1, 0.15) is 17.7 Å².